The van der Waals surface area contributed by atoms with E-state index in [9.17, 15) is 27.6 Å². The Hall–Kier alpha value is -4.39. The van der Waals surface area contributed by atoms with E-state index in [0.717, 1.165) is 31.2 Å². The normalized spacial score (nSPS) is 26.0. The molecule has 4 amide bonds. The molecule has 2 aromatic carbocycles. The Morgan fingerprint density at radius 3 is 2.36 bits per heavy atom. The van der Waals surface area contributed by atoms with Gasteiger partial charge >= 0.3 is 6.09 Å². The van der Waals surface area contributed by atoms with Crippen LogP contribution in [0.2, 0.25) is 0 Å². The van der Waals surface area contributed by atoms with Crippen LogP contribution >= 0.6 is 0 Å². The van der Waals surface area contributed by atoms with Gasteiger partial charge in [0.05, 0.1) is 10.8 Å². The molecule has 53 heavy (non-hydrogen) atoms. The molecule has 0 bridgehead atoms. The number of carbonyl (C=O) groups excluding carboxylic acids is 4. The van der Waals surface area contributed by atoms with Crippen LogP contribution in [-0.2, 0) is 35.8 Å². The average Bonchev–Trinajstić information content (AvgIpc) is 3.72. The van der Waals surface area contributed by atoms with Crippen LogP contribution in [-0.4, -0.2) is 67.4 Å². The number of fused-ring (bicyclic) bond motifs is 1. The van der Waals surface area contributed by atoms with Crippen molar-refractivity contribution in [1.29, 1.82) is 0 Å². The van der Waals surface area contributed by atoms with E-state index in [1.807, 2.05) is 44.2 Å². The first-order valence-electron chi connectivity index (χ1n) is 18.5. The Morgan fingerprint density at radius 2 is 1.72 bits per heavy atom. The van der Waals surface area contributed by atoms with E-state index in [2.05, 4.69) is 21.9 Å². The molecule has 0 unspecified atom stereocenters. The number of rotatable bonds is 12. The minimum absolute atomic E-state index is 0.0275. The highest BCUT2D eigenvalue weighted by atomic mass is 32.2. The number of piperidine rings is 1. The van der Waals surface area contributed by atoms with E-state index in [1.165, 1.54) is 18.2 Å². The van der Waals surface area contributed by atoms with Crippen LogP contribution in [0.25, 0.3) is 0 Å². The number of likely N-dealkylation sites (tertiary alicyclic amines) is 1. The highest BCUT2D eigenvalue weighted by molar-refractivity contribution is 7.90. The zero-order valence-electron chi connectivity index (χ0n) is 31.6. The van der Waals surface area contributed by atoms with Gasteiger partial charge in [0, 0.05) is 24.6 Å². The zero-order valence-corrected chi connectivity index (χ0v) is 32.5. The third-order valence-electron chi connectivity index (χ3n) is 10.9. The summed E-state index contributed by atoms with van der Waals surface area (Å²) in [5.74, 6) is -2.15. The quantitative estimate of drug-likeness (QED) is 0.246. The van der Waals surface area contributed by atoms with Gasteiger partial charge in [0.2, 0.25) is 11.8 Å². The van der Waals surface area contributed by atoms with E-state index >= 15 is 0 Å². The summed E-state index contributed by atoms with van der Waals surface area (Å²) in [6, 6.07) is 14.5. The van der Waals surface area contributed by atoms with Crippen molar-refractivity contribution >= 4 is 33.8 Å². The van der Waals surface area contributed by atoms with E-state index < -0.39 is 56.4 Å². The van der Waals surface area contributed by atoms with Crippen molar-refractivity contribution in [2.45, 2.75) is 102 Å². The molecule has 6 atom stereocenters. The fourth-order valence-electron chi connectivity index (χ4n) is 7.70. The number of hydrogen-bond donors (Lipinski definition) is 3. The molecule has 3 aliphatic rings. The van der Waals surface area contributed by atoms with Crippen LogP contribution in [0.4, 0.5) is 4.79 Å². The minimum Gasteiger partial charge on any atom is -0.489 e. The summed E-state index contributed by atoms with van der Waals surface area (Å²) in [6.45, 7) is 15.3. The summed E-state index contributed by atoms with van der Waals surface area (Å²) in [5, 5.41) is 5.70. The lowest BCUT2D eigenvalue weighted by Crippen LogP contribution is -2.61. The molecule has 1 saturated heterocycles. The lowest BCUT2D eigenvalue weighted by Gasteiger charge is -2.46. The molecular weight excluding hydrogens is 697 g/mol. The van der Waals surface area contributed by atoms with E-state index in [-0.39, 0.29) is 48.1 Å². The zero-order chi connectivity index (χ0) is 38.8. The van der Waals surface area contributed by atoms with E-state index in [1.54, 1.807) is 44.7 Å². The monoisotopic (exact) mass is 750 g/mol. The Morgan fingerprint density at radius 1 is 1.02 bits per heavy atom. The smallest absolute Gasteiger partial charge is 0.408 e. The fraction of sp³-hybridized carbons (Fsp3) is 0.550. The number of nitrogens with one attached hydrogen (secondary N) is 3. The molecule has 0 spiro atoms. The van der Waals surface area contributed by atoms with Crippen LogP contribution in [0, 0.1) is 29.1 Å². The van der Waals surface area contributed by atoms with Gasteiger partial charge in [0.25, 0.3) is 15.9 Å². The number of nitrogens with zero attached hydrogens (tertiary/aromatic N) is 1. The van der Waals surface area contributed by atoms with Crippen molar-refractivity contribution in [3.63, 3.8) is 0 Å². The lowest BCUT2D eigenvalue weighted by molar-refractivity contribution is -0.145. The third kappa shape index (κ3) is 9.05. The molecule has 13 heteroatoms. The predicted molar refractivity (Wildman–Crippen MR) is 200 cm³/mol. The second kappa shape index (κ2) is 15.5. The SMILES string of the molecule is C=C[C@]1(C)C[C@]1(NC(=O)[C@H]1CN(C(=O)[C@@H](NC(=O)OC(C)(C)C)C(C)C)C[C@H]2CCCC[C@H]21)C(=O)NS(=O)(=O)c1cccc(OCc2ccccc2)c1. The molecule has 1 heterocycles. The first-order chi connectivity index (χ1) is 24.9. The number of amides is 4. The Kier molecular flexibility index (Phi) is 11.7. The Bertz CT molecular complexity index is 1810. The van der Waals surface area contributed by atoms with Crippen LogP contribution in [0.3, 0.4) is 0 Å². The Labute approximate surface area is 313 Å². The molecule has 0 aromatic heterocycles. The van der Waals surface area contributed by atoms with Crippen molar-refractivity contribution in [1.82, 2.24) is 20.3 Å². The average molecular weight is 751 g/mol. The second-order valence-electron chi connectivity index (χ2n) is 16.3. The van der Waals surface area contributed by atoms with E-state index in [4.69, 9.17) is 9.47 Å². The molecule has 2 saturated carbocycles. The molecule has 1 aliphatic heterocycles. The standard InChI is InChI=1S/C40H54N4O8S/c1-8-39(7)25-40(39,36(47)43-53(49,50)30-19-14-18-29(21-30)51-24-27-15-10-9-11-16-27)42-34(45)32-23-44(22-28-17-12-13-20-31(28)32)35(46)33(26(2)3)41-37(48)52-38(4,5)6/h8-11,14-16,18-19,21,26,28,31-33H,1,12-13,17,20,22-25H2,2-7H3,(H,41,48)(H,42,45)(H,43,47)/t28-,31-,32+,33+,39-,40+/m1/s1. The van der Waals surface area contributed by atoms with Crippen LogP contribution < -0.4 is 20.1 Å². The van der Waals surface area contributed by atoms with Crippen LogP contribution in [0.15, 0.2) is 72.1 Å². The van der Waals surface area contributed by atoms with Crippen molar-refractivity contribution < 1.29 is 37.1 Å². The molecule has 2 aromatic rings. The first-order valence-corrected chi connectivity index (χ1v) is 19.9. The summed E-state index contributed by atoms with van der Waals surface area (Å²) >= 11 is 0. The maximum atomic E-state index is 14.4. The fourth-order valence-corrected chi connectivity index (χ4v) is 8.77. The van der Waals surface area contributed by atoms with Gasteiger partial charge in [-0.2, -0.15) is 0 Å². The van der Waals surface area contributed by atoms with Gasteiger partial charge < -0.3 is 25.0 Å². The molecule has 0 radical (unpaired) electrons. The van der Waals surface area contributed by atoms with Gasteiger partial charge in [-0.25, -0.2) is 17.9 Å². The molecule has 5 rings (SSSR count). The maximum Gasteiger partial charge on any atom is 0.408 e. The molecule has 2 aliphatic carbocycles. The van der Waals surface area contributed by atoms with Crippen LogP contribution in [0.1, 0.15) is 79.2 Å². The Balaban J connectivity index is 1.33. The first kappa shape index (κ1) is 39.8. The molecular formula is C40H54N4O8S. The summed E-state index contributed by atoms with van der Waals surface area (Å²) in [5.41, 5.74) is -2.33. The maximum absolute atomic E-state index is 14.4. The van der Waals surface area contributed by atoms with Gasteiger partial charge in [-0.1, -0.05) is 76.1 Å². The predicted octanol–water partition coefficient (Wildman–Crippen LogP) is 5.34. The van der Waals surface area contributed by atoms with Gasteiger partial charge in [-0.15, -0.1) is 6.58 Å². The highest BCUT2D eigenvalue weighted by Gasteiger charge is 2.69. The summed E-state index contributed by atoms with van der Waals surface area (Å²) in [7, 11) is -4.37. The van der Waals surface area contributed by atoms with Crippen molar-refractivity contribution in [3.8, 4) is 5.75 Å². The van der Waals surface area contributed by atoms with Gasteiger partial charge in [0.1, 0.15) is 29.5 Å². The number of carbonyl (C=O) groups is 4. The highest BCUT2D eigenvalue weighted by Crippen LogP contribution is 2.57. The number of sulfonamides is 1. The number of ether oxygens (including phenoxy) is 2. The lowest BCUT2D eigenvalue weighted by atomic mass is 9.69. The third-order valence-corrected chi connectivity index (χ3v) is 12.2. The van der Waals surface area contributed by atoms with Gasteiger partial charge in [-0.3, -0.25) is 14.4 Å². The van der Waals surface area contributed by atoms with Gasteiger partial charge in [-0.05, 0) is 75.5 Å². The van der Waals surface area contributed by atoms with Crippen molar-refractivity contribution in [2.24, 2.45) is 29.1 Å². The summed E-state index contributed by atoms with van der Waals surface area (Å²) in [6.07, 6.45) is 4.56. The molecule has 288 valence electrons. The summed E-state index contributed by atoms with van der Waals surface area (Å²) in [4.78, 5) is 56.6. The largest absolute Gasteiger partial charge is 0.489 e. The molecule has 3 N–H and O–H groups in total. The van der Waals surface area contributed by atoms with E-state index in [0.29, 0.717) is 12.3 Å². The summed E-state index contributed by atoms with van der Waals surface area (Å²) < 4.78 is 40.7. The topological polar surface area (TPSA) is 160 Å². The van der Waals surface area contributed by atoms with Crippen molar-refractivity contribution in [2.75, 3.05) is 13.1 Å². The van der Waals surface area contributed by atoms with Gasteiger partial charge in [0.15, 0.2) is 0 Å². The number of hydrogen-bond acceptors (Lipinski definition) is 8. The second-order valence-corrected chi connectivity index (χ2v) is 18.0. The number of alkyl carbamates (subject to hydrolysis) is 1. The minimum atomic E-state index is -4.37. The molecule has 3 fully saturated rings. The molecule has 12 nitrogen and oxygen atoms in total. The number of benzene rings is 2. The van der Waals surface area contributed by atoms with Crippen LogP contribution in [0.5, 0.6) is 5.75 Å². The van der Waals surface area contributed by atoms with Crippen molar-refractivity contribution in [3.05, 3.63) is 72.8 Å².